The number of carbonyl (C=O) groups excluding carboxylic acids is 3. The lowest BCUT2D eigenvalue weighted by Gasteiger charge is -2.06. The van der Waals surface area contributed by atoms with Crippen molar-refractivity contribution in [1.29, 1.82) is 0 Å². The number of hydrogen-bond acceptors (Lipinski definition) is 5. The average Bonchev–Trinajstić information content (AvgIpc) is 2.65. The molecule has 0 heterocycles. The second-order valence-corrected chi connectivity index (χ2v) is 6.00. The van der Waals surface area contributed by atoms with E-state index in [0.29, 0.717) is 16.3 Å². The summed E-state index contributed by atoms with van der Waals surface area (Å²) in [5.74, 6) is -1.27. The molecule has 0 fully saturated rings. The maximum atomic E-state index is 11.9. The molecule has 0 saturated heterocycles. The number of esters is 2. The quantitative estimate of drug-likeness (QED) is 0.396. The normalized spacial score (nSPS) is 10.2. The molecule has 0 spiro atoms. The predicted molar refractivity (Wildman–Crippen MR) is 97.4 cm³/mol. The van der Waals surface area contributed by atoms with Gasteiger partial charge in [0.15, 0.2) is 12.4 Å². The molecule has 0 radical (unpaired) electrons. The Morgan fingerprint density at radius 1 is 0.885 bits per heavy atom. The molecule has 6 heteroatoms. The van der Waals surface area contributed by atoms with Crippen molar-refractivity contribution in [2.24, 2.45) is 0 Å². The van der Waals surface area contributed by atoms with E-state index in [-0.39, 0.29) is 25.2 Å². The van der Waals surface area contributed by atoms with E-state index in [4.69, 9.17) is 16.3 Å². The zero-order chi connectivity index (χ0) is 18.9. The molecule has 0 unspecified atom stereocenters. The van der Waals surface area contributed by atoms with Gasteiger partial charge in [-0.15, -0.1) is 0 Å². The standard InChI is InChI=1S/C20H19ClO5/c1-2-14-3-9-17(10-4-14)25-13-20(24)26-19(23)12-11-18(22)15-5-7-16(21)8-6-15/h3-10H,2,11-13H2,1H3. The van der Waals surface area contributed by atoms with E-state index in [1.54, 1.807) is 36.4 Å². The molecule has 0 amide bonds. The van der Waals surface area contributed by atoms with Crippen molar-refractivity contribution in [1.82, 2.24) is 0 Å². The highest BCUT2D eigenvalue weighted by Crippen LogP contribution is 2.13. The SMILES string of the molecule is CCc1ccc(OCC(=O)OC(=O)CCC(=O)c2ccc(Cl)cc2)cc1. The van der Waals surface area contributed by atoms with Gasteiger partial charge in [-0.25, -0.2) is 4.79 Å². The molecule has 0 aliphatic heterocycles. The first-order valence-electron chi connectivity index (χ1n) is 8.22. The van der Waals surface area contributed by atoms with Gasteiger partial charge in [0.1, 0.15) is 5.75 Å². The van der Waals surface area contributed by atoms with E-state index in [2.05, 4.69) is 4.74 Å². The molecule has 2 aromatic carbocycles. The van der Waals surface area contributed by atoms with Crippen molar-refractivity contribution < 1.29 is 23.9 Å². The van der Waals surface area contributed by atoms with Crippen molar-refractivity contribution >= 4 is 29.3 Å². The molecule has 26 heavy (non-hydrogen) atoms. The zero-order valence-electron chi connectivity index (χ0n) is 14.4. The van der Waals surface area contributed by atoms with E-state index in [0.717, 1.165) is 12.0 Å². The topological polar surface area (TPSA) is 69.7 Å². The van der Waals surface area contributed by atoms with Gasteiger partial charge in [-0.2, -0.15) is 0 Å². The van der Waals surface area contributed by atoms with Crippen LogP contribution in [-0.4, -0.2) is 24.3 Å². The summed E-state index contributed by atoms with van der Waals surface area (Å²) in [7, 11) is 0. The monoisotopic (exact) mass is 374 g/mol. The number of Topliss-reactive ketones (excluding diaryl/α,β-unsaturated/α-hetero) is 1. The number of ketones is 1. The van der Waals surface area contributed by atoms with Gasteiger partial charge in [0.05, 0.1) is 6.42 Å². The lowest BCUT2D eigenvalue weighted by atomic mass is 10.1. The lowest BCUT2D eigenvalue weighted by molar-refractivity contribution is -0.161. The first kappa shape index (κ1) is 19.7. The van der Waals surface area contributed by atoms with Crippen molar-refractivity contribution in [3.8, 4) is 5.75 Å². The molecule has 5 nitrogen and oxygen atoms in total. The van der Waals surface area contributed by atoms with Gasteiger partial charge in [-0.3, -0.25) is 9.59 Å². The fourth-order valence-corrected chi connectivity index (χ4v) is 2.29. The third kappa shape index (κ3) is 6.33. The van der Waals surface area contributed by atoms with E-state index < -0.39 is 11.9 Å². The molecule has 136 valence electrons. The number of rotatable bonds is 8. The second-order valence-electron chi connectivity index (χ2n) is 5.56. The van der Waals surface area contributed by atoms with E-state index in [1.165, 1.54) is 0 Å². The van der Waals surface area contributed by atoms with Crippen LogP contribution in [0.3, 0.4) is 0 Å². The molecule has 0 aromatic heterocycles. The molecule has 0 saturated carbocycles. The second kappa shape index (κ2) is 9.73. The van der Waals surface area contributed by atoms with Crippen LogP contribution in [0, 0.1) is 0 Å². The van der Waals surface area contributed by atoms with Crippen LogP contribution in [0.25, 0.3) is 0 Å². The Bertz CT molecular complexity index is 766. The van der Waals surface area contributed by atoms with E-state index in [1.807, 2.05) is 19.1 Å². The first-order valence-corrected chi connectivity index (χ1v) is 8.59. The fraction of sp³-hybridized carbons (Fsp3) is 0.250. The summed E-state index contributed by atoms with van der Waals surface area (Å²) >= 11 is 5.76. The van der Waals surface area contributed by atoms with Gasteiger partial charge < -0.3 is 9.47 Å². The first-order chi connectivity index (χ1) is 12.5. The Balaban J connectivity index is 1.71. The molecule has 0 N–H and O–H groups in total. The largest absolute Gasteiger partial charge is 0.482 e. The fourth-order valence-electron chi connectivity index (χ4n) is 2.17. The summed E-state index contributed by atoms with van der Waals surface area (Å²) in [5.41, 5.74) is 1.60. The molecular formula is C20H19ClO5. The van der Waals surface area contributed by atoms with Gasteiger partial charge in [-0.05, 0) is 48.4 Å². The minimum absolute atomic E-state index is 0.0485. The van der Waals surface area contributed by atoms with Crippen molar-refractivity contribution in [3.63, 3.8) is 0 Å². The summed E-state index contributed by atoms with van der Waals surface area (Å²) in [4.78, 5) is 35.2. The molecule has 0 atom stereocenters. The van der Waals surface area contributed by atoms with Crippen molar-refractivity contribution in [3.05, 3.63) is 64.7 Å². The number of aryl methyl sites for hydroxylation is 1. The predicted octanol–water partition coefficient (Wildman–Crippen LogP) is 4.01. The number of halogens is 1. The summed E-state index contributed by atoms with van der Waals surface area (Å²) in [6.45, 7) is 1.67. The number of ether oxygens (including phenoxy) is 2. The Morgan fingerprint density at radius 2 is 1.54 bits per heavy atom. The molecule has 0 aliphatic rings. The Kier molecular flexibility index (Phi) is 7.36. The van der Waals surface area contributed by atoms with E-state index in [9.17, 15) is 14.4 Å². The van der Waals surface area contributed by atoms with Crippen LogP contribution in [0.5, 0.6) is 5.75 Å². The molecule has 0 aliphatic carbocycles. The highest BCUT2D eigenvalue weighted by Gasteiger charge is 2.14. The molecule has 2 aromatic rings. The Labute approximate surface area is 156 Å². The molecule has 2 rings (SSSR count). The van der Waals surface area contributed by atoms with Gasteiger partial charge in [0.25, 0.3) is 0 Å². The third-order valence-electron chi connectivity index (χ3n) is 3.64. The molecular weight excluding hydrogens is 356 g/mol. The average molecular weight is 375 g/mol. The van der Waals surface area contributed by atoms with Crippen molar-refractivity contribution in [2.75, 3.05) is 6.61 Å². The van der Waals surface area contributed by atoms with Crippen LogP contribution in [0.2, 0.25) is 5.02 Å². The summed E-state index contributed by atoms with van der Waals surface area (Å²) in [5, 5.41) is 0.524. The minimum Gasteiger partial charge on any atom is -0.482 e. The van der Waals surface area contributed by atoms with Gasteiger partial charge >= 0.3 is 11.9 Å². The maximum Gasteiger partial charge on any atom is 0.351 e. The number of benzene rings is 2. The van der Waals surface area contributed by atoms with Crippen LogP contribution < -0.4 is 4.74 Å². The number of carbonyl (C=O) groups is 3. The smallest absolute Gasteiger partial charge is 0.351 e. The Hall–Kier alpha value is -2.66. The van der Waals surface area contributed by atoms with Crippen LogP contribution in [0.15, 0.2) is 48.5 Å². The summed E-state index contributed by atoms with van der Waals surface area (Å²) in [6.07, 6.45) is 0.678. The van der Waals surface area contributed by atoms with Crippen LogP contribution in [0.4, 0.5) is 0 Å². The Morgan fingerprint density at radius 3 is 2.15 bits per heavy atom. The summed E-state index contributed by atoms with van der Waals surface area (Å²) < 4.78 is 9.91. The van der Waals surface area contributed by atoms with Gasteiger partial charge in [-0.1, -0.05) is 30.7 Å². The molecule has 0 bridgehead atoms. The van der Waals surface area contributed by atoms with Crippen LogP contribution in [-0.2, 0) is 20.7 Å². The zero-order valence-corrected chi connectivity index (χ0v) is 15.1. The lowest BCUT2D eigenvalue weighted by Crippen LogP contribution is -2.19. The minimum atomic E-state index is -0.798. The highest BCUT2D eigenvalue weighted by atomic mass is 35.5. The highest BCUT2D eigenvalue weighted by molar-refractivity contribution is 6.30. The van der Waals surface area contributed by atoms with Gasteiger partial charge in [0, 0.05) is 17.0 Å². The summed E-state index contributed by atoms with van der Waals surface area (Å²) in [6, 6.07) is 13.7. The maximum absolute atomic E-state index is 11.9. The van der Waals surface area contributed by atoms with Crippen molar-refractivity contribution in [2.45, 2.75) is 26.2 Å². The van der Waals surface area contributed by atoms with Crippen LogP contribution in [0.1, 0.15) is 35.7 Å². The third-order valence-corrected chi connectivity index (χ3v) is 3.89. The van der Waals surface area contributed by atoms with Crippen LogP contribution >= 0.6 is 11.6 Å². The van der Waals surface area contributed by atoms with E-state index >= 15 is 0 Å². The van der Waals surface area contributed by atoms with Gasteiger partial charge in [0.2, 0.25) is 0 Å². The number of hydrogen-bond donors (Lipinski definition) is 0.